The molecule has 1 rings (SSSR count). The maximum Gasteiger partial charge on any atom is 0.237 e. The topological polar surface area (TPSA) is 70.6 Å². The molecule has 3 N–H and O–H groups in total. The predicted molar refractivity (Wildman–Crippen MR) is 61.2 cm³/mol. The normalized spacial score (nSPS) is 22.8. The summed E-state index contributed by atoms with van der Waals surface area (Å²) in [6, 6.07) is -0.168. The lowest BCUT2D eigenvalue weighted by Gasteiger charge is -2.25. The van der Waals surface area contributed by atoms with Crippen LogP contribution in [0.25, 0.3) is 0 Å². The molecule has 0 bridgehead atoms. The van der Waals surface area contributed by atoms with Gasteiger partial charge >= 0.3 is 0 Å². The zero-order valence-electron chi connectivity index (χ0n) is 9.87. The second-order valence-corrected chi connectivity index (χ2v) is 4.18. The van der Waals surface area contributed by atoms with Crippen molar-refractivity contribution in [1.82, 2.24) is 10.6 Å². The number of carbonyl (C=O) groups is 1. The summed E-state index contributed by atoms with van der Waals surface area (Å²) in [7, 11) is 1.59. The number of hydrogen-bond acceptors (Lipinski definition) is 4. The van der Waals surface area contributed by atoms with Gasteiger partial charge in [-0.3, -0.25) is 4.79 Å². The molecule has 1 heterocycles. The molecule has 1 aliphatic heterocycles. The van der Waals surface area contributed by atoms with E-state index >= 15 is 0 Å². The van der Waals surface area contributed by atoms with Crippen LogP contribution in [0.5, 0.6) is 0 Å². The summed E-state index contributed by atoms with van der Waals surface area (Å²) in [6.45, 7) is 1.42. The first kappa shape index (κ1) is 13.4. The minimum atomic E-state index is -0.0915. The highest BCUT2D eigenvalue weighted by atomic mass is 16.5. The van der Waals surface area contributed by atoms with Crippen molar-refractivity contribution in [2.75, 3.05) is 26.9 Å². The molecule has 0 aromatic rings. The number of amides is 1. The zero-order chi connectivity index (χ0) is 11.8. The van der Waals surface area contributed by atoms with Crippen molar-refractivity contribution in [2.24, 2.45) is 0 Å². The Bertz CT molecular complexity index is 199. The van der Waals surface area contributed by atoms with E-state index in [-0.39, 0.29) is 24.6 Å². The van der Waals surface area contributed by atoms with Crippen molar-refractivity contribution in [1.29, 1.82) is 0 Å². The molecule has 0 saturated carbocycles. The van der Waals surface area contributed by atoms with E-state index in [2.05, 4.69) is 10.6 Å². The third kappa shape index (κ3) is 4.47. The van der Waals surface area contributed by atoms with Crippen LogP contribution in [-0.2, 0) is 9.53 Å². The molecule has 1 fully saturated rings. The monoisotopic (exact) mass is 230 g/mol. The van der Waals surface area contributed by atoms with Gasteiger partial charge in [-0.25, -0.2) is 0 Å². The molecule has 0 radical (unpaired) electrons. The van der Waals surface area contributed by atoms with Crippen LogP contribution >= 0.6 is 0 Å². The van der Waals surface area contributed by atoms with E-state index in [0.717, 1.165) is 25.8 Å². The maximum atomic E-state index is 11.8. The summed E-state index contributed by atoms with van der Waals surface area (Å²) in [6.07, 6.45) is 3.67. The van der Waals surface area contributed by atoms with Gasteiger partial charge in [0.05, 0.1) is 18.7 Å². The highest BCUT2D eigenvalue weighted by Gasteiger charge is 2.22. The van der Waals surface area contributed by atoms with Crippen LogP contribution in [0, 0.1) is 0 Å². The number of piperidine rings is 1. The second-order valence-electron chi connectivity index (χ2n) is 4.18. The molecule has 0 aliphatic carbocycles. The highest BCUT2D eigenvalue weighted by molar-refractivity contribution is 5.82. The Hall–Kier alpha value is -0.650. The molecule has 16 heavy (non-hydrogen) atoms. The third-order valence-corrected chi connectivity index (χ3v) is 2.82. The van der Waals surface area contributed by atoms with Crippen LogP contribution < -0.4 is 10.6 Å². The third-order valence-electron chi connectivity index (χ3n) is 2.82. The van der Waals surface area contributed by atoms with Gasteiger partial charge in [-0.2, -0.15) is 0 Å². The van der Waals surface area contributed by atoms with E-state index in [1.165, 1.54) is 0 Å². The Morgan fingerprint density at radius 2 is 2.44 bits per heavy atom. The minimum Gasteiger partial charge on any atom is -0.396 e. The first-order valence-electron chi connectivity index (χ1n) is 5.91. The maximum absolute atomic E-state index is 11.8. The van der Waals surface area contributed by atoms with Crippen molar-refractivity contribution >= 4 is 5.91 Å². The number of hydrogen-bond donors (Lipinski definition) is 3. The van der Waals surface area contributed by atoms with Crippen LogP contribution in [0.3, 0.4) is 0 Å². The molecule has 5 nitrogen and oxygen atoms in total. The van der Waals surface area contributed by atoms with E-state index in [1.54, 1.807) is 7.11 Å². The van der Waals surface area contributed by atoms with Gasteiger partial charge < -0.3 is 20.5 Å². The number of aliphatic hydroxyl groups is 1. The number of carbonyl (C=O) groups excluding carboxylic acids is 1. The number of nitrogens with one attached hydrogen (secondary N) is 2. The lowest BCUT2D eigenvalue weighted by Crippen LogP contribution is -2.50. The molecule has 2 atom stereocenters. The number of ether oxygens (including phenoxy) is 1. The summed E-state index contributed by atoms with van der Waals surface area (Å²) >= 11 is 0. The Labute approximate surface area is 96.6 Å². The van der Waals surface area contributed by atoms with Gasteiger partial charge in [0.1, 0.15) is 0 Å². The van der Waals surface area contributed by atoms with Crippen molar-refractivity contribution in [2.45, 2.75) is 37.8 Å². The number of aliphatic hydroxyl groups excluding tert-OH is 1. The fourth-order valence-electron chi connectivity index (χ4n) is 1.93. The Morgan fingerprint density at radius 1 is 1.62 bits per heavy atom. The quantitative estimate of drug-likeness (QED) is 0.583. The summed E-state index contributed by atoms with van der Waals surface area (Å²) in [4.78, 5) is 11.8. The van der Waals surface area contributed by atoms with Gasteiger partial charge in [0.25, 0.3) is 0 Å². The van der Waals surface area contributed by atoms with E-state index < -0.39 is 0 Å². The summed E-state index contributed by atoms with van der Waals surface area (Å²) in [5.74, 6) is 0.0233. The fourth-order valence-corrected chi connectivity index (χ4v) is 1.93. The second kappa shape index (κ2) is 7.60. The minimum absolute atomic E-state index is 0.0233. The Balaban J connectivity index is 2.33. The predicted octanol–water partition coefficient (Wildman–Crippen LogP) is -0.358. The van der Waals surface area contributed by atoms with E-state index in [4.69, 9.17) is 9.84 Å². The lowest BCUT2D eigenvalue weighted by molar-refractivity contribution is -0.124. The Kier molecular flexibility index (Phi) is 6.37. The van der Waals surface area contributed by atoms with Crippen LogP contribution in [0.15, 0.2) is 0 Å². The van der Waals surface area contributed by atoms with Crippen molar-refractivity contribution in [3.63, 3.8) is 0 Å². The lowest BCUT2D eigenvalue weighted by atomic mass is 10.0. The van der Waals surface area contributed by atoms with Crippen LogP contribution in [0.4, 0.5) is 0 Å². The molecule has 1 aliphatic rings. The molecular formula is C11H22N2O3. The van der Waals surface area contributed by atoms with Crippen LogP contribution in [-0.4, -0.2) is 50.0 Å². The fraction of sp³-hybridized carbons (Fsp3) is 0.909. The summed E-state index contributed by atoms with van der Waals surface area (Å²) in [5, 5.41) is 15.0. The molecular weight excluding hydrogens is 208 g/mol. The van der Waals surface area contributed by atoms with Crippen LogP contribution in [0.1, 0.15) is 25.7 Å². The standard InChI is InChI=1S/C11H22N2O3/c1-16-8-9(5-7-14)13-11(15)10-4-2-3-6-12-10/h9-10,12,14H,2-8H2,1H3,(H,13,15)/t9?,10-/m1/s1. The Morgan fingerprint density at radius 3 is 3.00 bits per heavy atom. The first-order valence-corrected chi connectivity index (χ1v) is 5.91. The molecule has 0 spiro atoms. The molecule has 94 valence electrons. The number of methoxy groups -OCH3 is 1. The van der Waals surface area contributed by atoms with Gasteiger partial charge in [-0.05, 0) is 25.8 Å². The zero-order valence-corrected chi connectivity index (χ0v) is 9.87. The van der Waals surface area contributed by atoms with E-state index in [0.29, 0.717) is 13.0 Å². The van der Waals surface area contributed by atoms with Gasteiger partial charge in [0, 0.05) is 13.7 Å². The molecule has 1 amide bonds. The molecule has 5 heteroatoms. The largest absolute Gasteiger partial charge is 0.396 e. The molecule has 1 unspecified atom stereocenters. The highest BCUT2D eigenvalue weighted by Crippen LogP contribution is 2.07. The van der Waals surface area contributed by atoms with Crippen LogP contribution in [0.2, 0.25) is 0 Å². The smallest absolute Gasteiger partial charge is 0.237 e. The SMILES string of the molecule is COCC(CCO)NC(=O)[C@H]1CCCCN1. The average Bonchev–Trinajstić information content (AvgIpc) is 2.31. The van der Waals surface area contributed by atoms with Crippen molar-refractivity contribution in [3.05, 3.63) is 0 Å². The van der Waals surface area contributed by atoms with Crippen molar-refractivity contribution in [3.8, 4) is 0 Å². The van der Waals surface area contributed by atoms with Gasteiger partial charge in [0.2, 0.25) is 5.91 Å². The number of rotatable bonds is 6. The first-order chi connectivity index (χ1) is 7.77. The van der Waals surface area contributed by atoms with Gasteiger partial charge in [-0.1, -0.05) is 6.42 Å². The molecule has 0 aromatic carbocycles. The van der Waals surface area contributed by atoms with E-state index in [1.807, 2.05) is 0 Å². The molecule has 1 saturated heterocycles. The summed E-state index contributed by atoms with van der Waals surface area (Å²) < 4.78 is 5.00. The van der Waals surface area contributed by atoms with E-state index in [9.17, 15) is 4.79 Å². The molecule has 0 aromatic heterocycles. The average molecular weight is 230 g/mol. The van der Waals surface area contributed by atoms with Gasteiger partial charge in [-0.15, -0.1) is 0 Å². The summed E-state index contributed by atoms with van der Waals surface area (Å²) in [5.41, 5.74) is 0. The van der Waals surface area contributed by atoms with Crippen molar-refractivity contribution < 1.29 is 14.6 Å². The van der Waals surface area contributed by atoms with Gasteiger partial charge in [0.15, 0.2) is 0 Å².